The van der Waals surface area contributed by atoms with Gasteiger partial charge in [0.2, 0.25) is 5.82 Å². The van der Waals surface area contributed by atoms with Crippen molar-refractivity contribution in [3.63, 3.8) is 0 Å². The van der Waals surface area contributed by atoms with Crippen molar-refractivity contribution in [2.75, 3.05) is 0 Å². The van der Waals surface area contributed by atoms with Gasteiger partial charge in [-0.25, -0.2) is 9.78 Å². The minimum absolute atomic E-state index is 0.0826. The number of tetrazole rings is 1. The summed E-state index contributed by atoms with van der Waals surface area (Å²) < 4.78 is 5.01. The average molecular weight is 589 g/mol. The molecule has 6 aromatic rings. The Hall–Kier alpha value is -5.12. The number of nitrogens with one attached hydrogen (secondary N) is 1. The lowest BCUT2D eigenvalue weighted by Gasteiger charge is -2.19. The van der Waals surface area contributed by atoms with Gasteiger partial charge in [0, 0.05) is 31.6 Å². The highest BCUT2D eigenvalue weighted by Crippen LogP contribution is 2.30. The van der Waals surface area contributed by atoms with E-state index in [0.717, 1.165) is 33.6 Å². The standard InChI is InChI=1S/C34H36N8O2/c1-5-40-32(43)29-31(41(33(40)44)20-19-23-11-7-6-8-12-23)35-28(21-34(2,3)4)42(29)22-24-15-17-25(18-16-24)26-13-9-10-14-27(26)30-36-38-39-37-30/h6-18H,5,19-22H2,1-4H3,(H,36,37,38,39). The van der Waals surface area contributed by atoms with Crippen molar-refractivity contribution in [1.82, 2.24) is 39.3 Å². The number of fused-ring (bicyclic) bond motifs is 1. The molecule has 10 nitrogen and oxygen atoms in total. The third-order valence-corrected chi connectivity index (χ3v) is 7.78. The highest BCUT2D eigenvalue weighted by atomic mass is 16.2. The van der Waals surface area contributed by atoms with E-state index < -0.39 is 0 Å². The van der Waals surface area contributed by atoms with Crippen molar-refractivity contribution in [3.8, 4) is 22.5 Å². The third kappa shape index (κ3) is 5.75. The van der Waals surface area contributed by atoms with E-state index in [1.807, 2.05) is 66.1 Å². The maximum absolute atomic E-state index is 13.9. The Balaban J connectivity index is 1.43. The van der Waals surface area contributed by atoms with Gasteiger partial charge in [0.05, 0.1) is 0 Å². The fourth-order valence-corrected chi connectivity index (χ4v) is 5.66. The second kappa shape index (κ2) is 11.9. The lowest BCUT2D eigenvalue weighted by Crippen LogP contribution is -2.40. The van der Waals surface area contributed by atoms with Gasteiger partial charge in [0.1, 0.15) is 5.82 Å². The van der Waals surface area contributed by atoms with E-state index in [2.05, 4.69) is 65.7 Å². The monoisotopic (exact) mass is 588 g/mol. The number of aromatic nitrogens is 8. The van der Waals surface area contributed by atoms with Crippen LogP contribution in [-0.4, -0.2) is 39.3 Å². The molecule has 0 atom stereocenters. The van der Waals surface area contributed by atoms with Crippen LogP contribution in [0.25, 0.3) is 33.7 Å². The Bertz CT molecular complexity index is 2010. The lowest BCUT2D eigenvalue weighted by molar-refractivity contribution is 0.394. The molecule has 44 heavy (non-hydrogen) atoms. The van der Waals surface area contributed by atoms with Crippen molar-refractivity contribution in [2.45, 2.75) is 60.2 Å². The number of benzene rings is 3. The van der Waals surface area contributed by atoms with Gasteiger partial charge in [-0.05, 0) is 46.2 Å². The molecule has 0 saturated carbocycles. The third-order valence-electron chi connectivity index (χ3n) is 7.78. The number of rotatable bonds is 9. The molecule has 3 heterocycles. The number of imidazole rings is 1. The van der Waals surface area contributed by atoms with Crippen molar-refractivity contribution >= 4 is 11.2 Å². The minimum atomic E-state index is -0.322. The van der Waals surface area contributed by atoms with Crippen LogP contribution < -0.4 is 11.2 Å². The first-order chi connectivity index (χ1) is 21.2. The van der Waals surface area contributed by atoms with Gasteiger partial charge in [-0.15, -0.1) is 10.2 Å². The zero-order chi connectivity index (χ0) is 30.8. The van der Waals surface area contributed by atoms with E-state index in [0.29, 0.717) is 42.9 Å². The molecule has 0 unspecified atom stereocenters. The van der Waals surface area contributed by atoms with Crippen LogP contribution in [0.4, 0.5) is 0 Å². The highest BCUT2D eigenvalue weighted by molar-refractivity contribution is 5.80. The molecular weight excluding hydrogens is 552 g/mol. The summed E-state index contributed by atoms with van der Waals surface area (Å²) in [4.78, 5) is 32.4. The van der Waals surface area contributed by atoms with E-state index in [4.69, 9.17) is 4.98 Å². The topological polar surface area (TPSA) is 116 Å². The first-order valence-electron chi connectivity index (χ1n) is 14.9. The van der Waals surface area contributed by atoms with Crippen LogP contribution in [0.5, 0.6) is 0 Å². The molecule has 0 spiro atoms. The van der Waals surface area contributed by atoms with Crippen molar-refractivity contribution in [3.05, 3.63) is 117 Å². The summed E-state index contributed by atoms with van der Waals surface area (Å²) in [7, 11) is 0. The number of aromatic amines is 1. The number of hydrogen-bond donors (Lipinski definition) is 1. The molecule has 3 aromatic carbocycles. The predicted molar refractivity (Wildman–Crippen MR) is 171 cm³/mol. The molecule has 0 aliphatic carbocycles. The van der Waals surface area contributed by atoms with Gasteiger partial charge >= 0.3 is 5.69 Å². The average Bonchev–Trinajstić information content (AvgIpc) is 3.67. The maximum atomic E-state index is 13.9. The predicted octanol–water partition coefficient (Wildman–Crippen LogP) is 5.11. The Kier molecular flexibility index (Phi) is 7.82. The smallest absolute Gasteiger partial charge is 0.318 e. The number of nitrogens with zero attached hydrogens (tertiary/aromatic N) is 7. The fourth-order valence-electron chi connectivity index (χ4n) is 5.66. The molecule has 0 saturated heterocycles. The van der Waals surface area contributed by atoms with Gasteiger partial charge in [-0.2, -0.15) is 5.21 Å². The van der Waals surface area contributed by atoms with Crippen LogP contribution in [0.3, 0.4) is 0 Å². The molecular formula is C34H36N8O2. The molecule has 6 rings (SSSR count). The molecule has 0 amide bonds. The van der Waals surface area contributed by atoms with Crippen LogP contribution in [-0.2, 0) is 32.5 Å². The molecule has 0 aliphatic heterocycles. The molecule has 10 heteroatoms. The highest BCUT2D eigenvalue weighted by Gasteiger charge is 2.24. The number of H-pyrrole nitrogens is 1. The molecule has 224 valence electrons. The van der Waals surface area contributed by atoms with Crippen molar-refractivity contribution in [2.24, 2.45) is 5.41 Å². The van der Waals surface area contributed by atoms with Crippen LogP contribution in [0, 0.1) is 5.41 Å². The SMILES string of the molecule is CCn1c(=O)c2c(nc(CC(C)(C)C)n2Cc2ccc(-c3ccccc3-c3nn[nH]n3)cc2)n(CCc2ccccc2)c1=O. The quantitative estimate of drug-likeness (QED) is 0.251. The molecule has 0 bridgehead atoms. The molecule has 0 fully saturated rings. The Labute approximate surface area is 255 Å². The summed E-state index contributed by atoms with van der Waals surface area (Å²) in [5.74, 6) is 1.32. The summed E-state index contributed by atoms with van der Waals surface area (Å²) in [6.07, 6.45) is 1.31. The van der Waals surface area contributed by atoms with Crippen molar-refractivity contribution < 1.29 is 0 Å². The molecule has 1 N–H and O–H groups in total. The Morgan fingerprint density at radius 1 is 0.795 bits per heavy atom. The van der Waals surface area contributed by atoms with Gasteiger partial charge in [0.25, 0.3) is 5.56 Å². The van der Waals surface area contributed by atoms with E-state index in [-0.39, 0.29) is 23.2 Å². The summed E-state index contributed by atoms with van der Waals surface area (Å²) >= 11 is 0. The summed E-state index contributed by atoms with van der Waals surface area (Å²) in [6.45, 7) is 9.45. The van der Waals surface area contributed by atoms with E-state index in [1.165, 1.54) is 4.57 Å². The first kappa shape index (κ1) is 29.0. The summed E-state index contributed by atoms with van der Waals surface area (Å²) in [6, 6.07) is 26.3. The summed E-state index contributed by atoms with van der Waals surface area (Å²) in [5.41, 5.74) is 5.24. The zero-order valence-corrected chi connectivity index (χ0v) is 25.5. The second-order valence-electron chi connectivity index (χ2n) is 12.2. The Morgan fingerprint density at radius 2 is 1.50 bits per heavy atom. The fraction of sp³-hybridized carbons (Fsp3) is 0.294. The van der Waals surface area contributed by atoms with Crippen LogP contribution in [0.2, 0.25) is 0 Å². The second-order valence-corrected chi connectivity index (χ2v) is 12.2. The van der Waals surface area contributed by atoms with E-state index in [1.54, 1.807) is 4.57 Å². The minimum Gasteiger partial charge on any atom is -0.318 e. The molecule has 0 aliphatic rings. The van der Waals surface area contributed by atoms with Gasteiger partial charge in [0.15, 0.2) is 11.2 Å². The zero-order valence-electron chi connectivity index (χ0n) is 25.5. The van der Waals surface area contributed by atoms with Gasteiger partial charge in [-0.1, -0.05) is 99.6 Å². The number of aryl methyl sites for hydroxylation is 2. The summed E-state index contributed by atoms with van der Waals surface area (Å²) in [5, 5.41) is 14.6. The van der Waals surface area contributed by atoms with E-state index >= 15 is 0 Å². The molecule has 3 aromatic heterocycles. The van der Waals surface area contributed by atoms with E-state index in [9.17, 15) is 9.59 Å². The van der Waals surface area contributed by atoms with Gasteiger partial charge < -0.3 is 4.57 Å². The maximum Gasteiger partial charge on any atom is 0.332 e. The van der Waals surface area contributed by atoms with Crippen LogP contribution in [0.1, 0.15) is 44.6 Å². The van der Waals surface area contributed by atoms with Crippen LogP contribution in [0.15, 0.2) is 88.5 Å². The van der Waals surface area contributed by atoms with Crippen molar-refractivity contribution in [1.29, 1.82) is 0 Å². The number of hydrogen-bond acceptors (Lipinski definition) is 6. The van der Waals surface area contributed by atoms with Crippen LogP contribution >= 0.6 is 0 Å². The first-order valence-corrected chi connectivity index (χ1v) is 14.9. The normalized spacial score (nSPS) is 11.8. The lowest BCUT2D eigenvalue weighted by atomic mass is 9.92. The molecule has 0 radical (unpaired) electrons. The Morgan fingerprint density at radius 3 is 2.16 bits per heavy atom. The largest absolute Gasteiger partial charge is 0.332 e. The van der Waals surface area contributed by atoms with Gasteiger partial charge in [-0.3, -0.25) is 13.9 Å².